The standard InChI is InChI=1S/C17H21NO2/c1-5-16(19)15-7-6-14(10-18-15)20-17-9-11(2)8-12(3)13(17)4/h6-10,16,19H,5H2,1-4H3/t16-/m1/s1. The maximum atomic E-state index is 9.72. The van der Waals surface area contributed by atoms with Crippen LogP contribution in [0.5, 0.6) is 11.5 Å². The average Bonchev–Trinajstić information content (AvgIpc) is 2.44. The number of benzene rings is 1. The zero-order chi connectivity index (χ0) is 14.7. The van der Waals surface area contributed by atoms with E-state index >= 15 is 0 Å². The Labute approximate surface area is 120 Å². The molecule has 3 nitrogen and oxygen atoms in total. The molecule has 0 aliphatic carbocycles. The molecular weight excluding hydrogens is 250 g/mol. The largest absolute Gasteiger partial charge is 0.455 e. The Bertz CT molecular complexity index is 591. The maximum absolute atomic E-state index is 9.72. The number of ether oxygens (including phenoxy) is 1. The number of hydrogen-bond donors (Lipinski definition) is 1. The van der Waals surface area contributed by atoms with Gasteiger partial charge in [-0.2, -0.15) is 0 Å². The molecule has 0 bridgehead atoms. The van der Waals surface area contributed by atoms with Crippen molar-refractivity contribution >= 4 is 0 Å². The molecule has 0 aliphatic heterocycles. The van der Waals surface area contributed by atoms with E-state index in [1.165, 1.54) is 11.1 Å². The minimum absolute atomic E-state index is 0.507. The lowest BCUT2D eigenvalue weighted by atomic mass is 10.1. The third-order valence-corrected chi connectivity index (χ3v) is 3.48. The molecule has 106 valence electrons. The Balaban J connectivity index is 2.22. The Kier molecular flexibility index (Phi) is 4.40. The van der Waals surface area contributed by atoms with E-state index in [2.05, 4.69) is 24.9 Å². The van der Waals surface area contributed by atoms with Gasteiger partial charge in [-0.15, -0.1) is 0 Å². The average molecular weight is 271 g/mol. The van der Waals surface area contributed by atoms with E-state index in [9.17, 15) is 5.11 Å². The molecule has 0 fully saturated rings. The van der Waals surface area contributed by atoms with Crippen molar-refractivity contribution in [1.82, 2.24) is 4.98 Å². The third kappa shape index (κ3) is 3.17. The highest BCUT2D eigenvalue weighted by Gasteiger charge is 2.08. The molecule has 0 radical (unpaired) electrons. The fourth-order valence-electron chi connectivity index (χ4n) is 2.09. The second-order valence-electron chi connectivity index (χ2n) is 5.15. The monoisotopic (exact) mass is 271 g/mol. The van der Waals surface area contributed by atoms with Gasteiger partial charge in [0, 0.05) is 0 Å². The first-order valence-corrected chi connectivity index (χ1v) is 6.91. The number of aliphatic hydroxyl groups is 1. The van der Waals surface area contributed by atoms with Crippen LogP contribution < -0.4 is 4.74 Å². The Morgan fingerprint density at radius 3 is 2.55 bits per heavy atom. The van der Waals surface area contributed by atoms with E-state index in [-0.39, 0.29) is 0 Å². The summed E-state index contributed by atoms with van der Waals surface area (Å²) in [5, 5.41) is 9.72. The van der Waals surface area contributed by atoms with Crippen molar-refractivity contribution in [2.24, 2.45) is 0 Å². The van der Waals surface area contributed by atoms with Gasteiger partial charge in [0.05, 0.1) is 18.0 Å². The molecule has 0 unspecified atom stereocenters. The molecule has 1 N–H and O–H groups in total. The summed E-state index contributed by atoms with van der Waals surface area (Å²) in [4.78, 5) is 4.25. The molecule has 0 saturated heterocycles. The van der Waals surface area contributed by atoms with Gasteiger partial charge in [0.1, 0.15) is 11.5 Å². The Morgan fingerprint density at radius 1 is 1.20 bits per heavy atom. The number of aliphatic hydroxyl groups excluding tert-OH is 1. The van der Waals surface area contributed by atoms with Crippen LogP contribution in [0.4, 0.5) is 0 Å². The van der Waals surface area contributed by atoms with Crippen LogP contribution in [0.15, 0.2) is 30.5 Å². The van der Waals surface area contributed by atoms with E-state index in [0.717, 1.165) is 11.3 Å². The van der Waals surface area contributed by atoms with Crippen molar-refractivity contribution in [2.75, 3.05) is 0 Å². The van der Waals surface area contributed by atoms with Gasteiger partial charge in [-0.25, -0.2) is 0 Å². The van der Waals surface area contributed by atoms with Gasteiger partial charge in [0.25, 0.3) is 0 Å². The highest BCUT2D eigenvalue weighted by atomic mass is 16.5. The van der Waals surface area contributed by atoms with Crippen LogP contribution in [0, 0.1) is 20.8 Å². The normalized spacial score (nSPS) is 12.2. The Hall–Kier alpha value is -1.87. The van der Waals surface area contributed by atoms with Gasteiger partial charge < -0.3 is 9.84 Å². The summed E-state index contributed by atoms with van der Waals surface area (Å²) in [6, 6.07) is 7.82. The first-order valence-electron chi connectivity index (χ1n) is 6.91. The zero-order valence-corrected chi connectivity index (χ0v) is 12.5. The second-order valence-corrected chi connectivity index (χ2v) is 5.15. The number of hydrogen-bond acceptors (Lipinski definition) is 3. The van der Waals surface area contributed by atoms with Crippen LogP contribution in [0.1, 0.15) is 41.8 Å². The van der Waals surface area contributed by atoms with E-state index in [0.29, 0.717) is 17.9 Å². The number of pyridine rings is 1. The molecule has 3 heteroatoms. The molecular formula is C17H21NO2. The van der Waals surface area contributed by atoms with Gasteiger partial charge in [-0.1, -0.05) is 13.0 Å². The summed E-state index contributed by atoms with van der Waals surface area (Å²) in [7, 11) is 0. The quantitative estimate of drug-likeness (QED) is 0.904. The van der Waals surface area contributed by atoms with E-state index in [1.54, 1.807) is 6.20 Å². The number of aryl methyl sites for hydroxylation is 2. The molecule has 1 atom stereocenters. The van der Waals surface area contributed by atoms with Crippen LogP contribution in [0.25, 0.3) is 0 Å². The molecule has 1 heterocycles. The van der Waals surface area contributed by atoms with Gasteiger partial charge >= 0.3 is 0 Å². The minimum atomic E-state index is -0.507. The first-order chi connectivity index (χ1) is 9.51. The fourth-order valence-corrected chi connectivity index (χ4v) is 2.09. The molecule has 2 rings (SSSR count). The molecule has 1 aromatic heterocycles. The summed E-state index contributed by atoms with van der Waals surface area (Å²) >= 11 is 0. The molecule has 2 aromatic rings. The van der Waals surface area contributed by atoms with Crippen LogP contribution >= 0.6 is 0 Å². The lowest BCUT2D eigenvalue weighted by Gasteiger charge is -2.13. The predicted molar refractivity (Wildman–Crippen MR) is 80.2 cm³/mol. The molecule has 0 saturated carbocycles. The van der Waals surface area contributed by atoms with Crippen molar-refractivity contribution in [3.8, 4) is 11.5 Å². The van der Waals surface area contributed by atoms with E-state index in [4.69, 9.17) is 4.74 Å². The lowest BCUT2D eigenvalue weighted by molar-refractivity contribution is 0.169. The summed E-state index contributed by atoms with van der Waals surface area (Å²) in [5.41, 5.74) is 4.20. The van der Waals surface area contributed by atoms with Crippen LogP contribution in [0.2, 0.25) is 0 Å². The minimum Gasteiger partial charge on any atom is -0.455 e. The summed E-state index contributed by atoms with van der Waals surface area (Å²) < 4.78 is 5.90. The van der Waals surface area contributed by atoms with Gasteiger partial charge in [-0.05, 0) is 62.1 Å². The zero-order valence-electron chi connectivity index (χ0n) is 12.5. The highest BCUT2D eigenvalue weighted by molar-refractivity contribution is 5.44. The van der Waals surface area contributed by atoms with Gasteiger partial charge in [0.15, 0.2) is 0 Å². The van der Waals surface area contributed by atoms with E-state index in [1.807, 2.05) is 32.0 Å². The van der Waals surface area contributed by atoms with Crippen molar-refractivity contribution in [1.29, 1.82) is 0 Å². The molecule has 0 aliphatic rings. The lowest BCUT2D eigenvalue weighted by Crippen LogP contribution is -1.99. The van der Waals surface area contributed by atoms with Crippen molar-refractivity contribution in [2.45, 2.75) is 40.2 Å². The number of aromatic nitrogens is 1. The van der Waals surface area contributed by atoms with Gasteiger partial charge in [0.2, 0.25) is 0 Å². The maximum Gasteiger partial charge on any atom is 0.145 e. The SMILES string of the molecule is CC[C@@H](O)c1ccc(Oc2cc(C)cc(C)c2C)cn1. The topological polar surface area (TPSA) is 42.4 Å². The van der Waals surface area contributed by atoms with Crippen LogP contribution in [-0.2, 0) is 0 Å². The molecule has 0 spiro atoms. The van der Waals surface area contributed by atoms with Crippen molar-refractivity contribution in [3.05, 3.63) is 52.8 Å². The van der Waals surface area contributed by atoms with E-state index < -0.39 is 6.10 Å². The Morgan fingerprint density at radius 2 is 1.95 bits per heavy atom. The first kappa shape index (κ1) is 14.5. The van der Waals surface area contributed by atoms with Crippen molar-refractivity contribution in [3.63, 3.8) is 0 Å². The number of nitrogens with zero attached hydrogens (tertiary/aromatic N) is 1. The third-order valence-electron chi connectivity index (χ3n) is 3.48. The molecule has 1 aromatic carbocycles. The highest BCUT2D eigenvalue weighted by Crippen LogP contribution is 2.28. The fraction of sp³-hybridized carbons (Fsp3) is 0.353. The molecule has 20 heavy (non-hydrogen) atoms. The van der Waals surface area contributed by atoms with Crippen LogP contribution in [0.3, 0.4) is 0 Å². The van der Waals surface area contributed by atoms with Crippen molar-refractivity contribution < 1.29 is 9.84 Å². The summed E-state index contributed by atoms with van der Waals surface area (Å²) in [6.45, 7) is 8.11. The van der Waals surface area contributed by atoms with Gasteiger partial charge in [-0.3, -0.25) is 4.98 Å². The predicted octanol–water partition coefficient (Wildman–Crippen LogP) is 4.24. The second kappa shape index (κ2) is 6.06. The summed E-state index contributed by atoms with van der Waals surface area (Å²) in [6.07, 6.45) is 1.81. The molecule has 0 amide bonds. The summed E-state index contributed by atoms with van der Waals surface area (Å²) in [5.74, 6) is 1.54. The smallest absolute Gasteiger partial charge is 0.145 e. The number of rotatable bonds is 4. The van der Waals surface area contributed by atoms with Crippen LogP contribution in [-0.4, -0.2) is 10.1 Å².